The van der Waals surface area contributed by atoms with E-state index in [0.29, 0.717) is 108 Å². The van der Waals surface area contributed by atoms with Crippen LogP contribution in [0.1, 0.15) is 443 Å². The van der Waals surface area contributed by atoms with Gasteiger partial charge in [-0.05, 0) is 87.1 Å². The van der Waals surface area contributed by atoms with Crippen molar-refractivity contribution in [2.45, 2.75) is 427 Å². The molecule has 0 amide bonds. The molecule has 0 fully saturated rings. The third kappa shape index (κ3) is 47.8. The predicted molar refractivity (Wildman–Crippen MR) is 453 cm³/mol. The number of carbonyl (C=O) groups excluding carboxylic acids is 1. The van der Waals surface area contributed by atoms with Gasteiger partial charge in [0.05, 0.1) is 39.6 Å². The highest BCUT2D eigenvalue weighted by Gasteiger charge is 2.21. The number of rotatable bonds is 78. The van der Waals surface area contributed by atoms with Gasteiger partial charge in [-0.2, -0.15) is 0 Å². The van der Waals surface area contributed by atoms with E-state index in [0.717, 1.165) is 77.0 Å². The summed E-state index contributed by atoms with van der Waals surface area (Å²) in [5.74, 6) is 6.42. The normalized spacial score (nSPS) is 11.4. The predicted octanol–water partition coefficient (Wildman–Crippen LogP) is 32.3. The van der Waals surface area contributed by atoms with Gasteiger partial charge in [-0.3, -0.25) is 4.79 Å². The molecular formula is C97H162O9. The molecule has 106 heavy (non-hydrogen) atoms. The van der Waals surface area contributed by atoms with Crippen LogP contribution in [0.25, 0.3) is 0 Å². The van der Waals surface area contributed by atoms with E-state index in [9.17, 15) is 4.79 Å². The second kappa shape index (κ2) is 68.0. The lowest BCUT2D eigenvalue weighted by Crippen LogP contribution is -2.07. The Morgan fingerprint density at radius 3 is 0.538 bits per heavy atom. The second-order valence-electron chi connectivity index (χ2n) is 31.3. The van der Waals surface area contributed by atoms with Gasteiger partial charge in [0.15, 0.2) is 28.8 Å². The lowest BCUT2D eigenvalue weighted by atomic mass is 10.0. The number of unbranched alkanes of at least 4 members (excludes halogenated alkanes) is 54. The summed E-state index contributed by atoms with van der Waals surface area (Å²) in [7, 11) is 0. The van der Waals surface area contributed by atoms with Gasteiger partial charge in [0.2, 0.25) is 11.5 Å². The minimum absolute atomic E-state index is 0.0819. The Kier molecular flexibility index (Phi) is 59.9. The molecule has 0 bridgehead atoms. The van der Waals surface area contributed by atoms with Crippen molar-refractivity contribution in [1.29, 1.82) is 0 Å². The Bertz CT molecular complexity index is 2340. The molecular weight excluding hydrogens is 1310 g/mol. The molecule has 9 nitrogen and oxygen atoms in total. The maximum absolute atomic E-state index is 14.3. The van der Waals surface area contributed by atoms with Gasteiger partial charge in [-0.25, -0.2) is 0 Å². The molecule has 0 radical (unpaired) electrons. The van der Waals surface area contributed by atoms with Gasteiger partial charge in [0.25, 0.3) is 0 Å². The fraction of sp³-hybridized carbons (Fsp3) is 0.742. The van der Waals surface area contributed by atoms with Gasteiger partial charge in [0.1, 0.15) is 23.0 Å². The maximum atomic E-state index is 14.3. The zero-order chi connectivity index (χ0) is 75.3. The van der Waals surface area contributed by atoms with Crippen LogP contribution in [0.5, 0.6) is 57.5 Å². The van der Waals surface area contributed by atoms with E-state index in [4.69, 9.17) is 37.9 Å². The molecule has 0 saturated heterocycles. The Balaban J connectivity index is 1.52. The summed E-state index contributed by atoms with van der Waals surface area (Å²) in [5, 5.41) is 0. The van der Waals surface area contributed by atoms with Crippen molar-refractivity contribution in [3.05, 3.63) is 83.9 Å². The summed E-state index contributed by atoms with van der Waals surface area (Å²) in [6.45, 7) is 17.4. The van der Waals surface area contributed by atoms with Crippen molar-refractivity contribution >= 4 is 5.78 Å². The Hall–Kier alpha value is -5.05. The highest BCUT2D eigenvalue weighted by molar-refractivity contribution is 6.09. The summed E-state index contributed by atoms with van der Waals surface area (Å²) >= 11 is 0. The quantitative estimate of drug-likeness (QED) is 0.0317. The average Bonchev–Trinajstić information content (AvgIpc) is 0.821. The number of hydrogen-bond donors (Lipinski definition) is 0. The largest absolute Gasteiger partial charge is 0.489 e. The van der Waals surface area contributed by atoms with Crippen molar-refractivity contribution in [3.63, 3.8) is 0 Å². The topological polar surface area (TPSA) is 90.9 Å². The molecule has 0 aliphatic carbocycles. The minimum atomic E-state index is -0.0819. The summed E-state index contributed by atoms with van der Waals surface area (Å²) in [6.07, 6.45) is 76.0. The molecule has 4 rings (SSSR count). The van der Waals surface area contributed by atoms with Crippen LogP contribution in [0.4, 0.5) is 0 Å². The smallest absolute Gasteiger partial charge is 0.203 e. The van der Waals surface area contributed by atoms with Gasteiger partial charge in [-0.15, -0.1) is 0 Å². The third-order valence-electron chi connectivity index (χ3n) is 21.2. The number of benzene rings is 4. The highest BCUT2D eigenvalue weighted by atomic mass is 16.6. The molecule has 0 heterocycles. The van der Waals surface area contributed by atoms with Crippen molar-refractivity contribution in [1.82, 2.24) is 0 Å². The summed E-state index contributed by atoms with van der Waals surface area (Å²) in [6, 6.07) is 22.8. The van der Waals surface area contributed by atoms with Gasteiger partial charge >= 0.3 is 0 Å². The molecule has 0 aromatic heterocycles. The molecule has 0 spiro atoms. The molecule has 0 N–H and O–H groups in total. The molecule has 0 unspecified atom stereocenters. The van der Waals surface area contributed by atoms with Crippen molar-refractivity contribution in [3.8, 4) is 57.5 Å². The SMILES string of the molecule is CCCCCCCCCCCCOc1cc(Oc2ccc(C(=O)c3ccc(Oc4cc(OCCCCCCCCCCCC)c(OCCCCCCCCCCCC)c(OCCCCCCCCCCCC)c4)cc3)cc2)cc(OCCCCCCCCCCCC)c1OCCCCCCCCCCCC. The van der Waals surface area contributed by atoms with E-state index in [2.05, 4.69) is 41.5 Å². The standard InChI is InChI=1S/C97H162O9/c1-7-13-19-25-31-37-43-49-55-61-75-99-91-81-89(82-92(100-76-62-56-50-44-38-32-26-20-14-8-2)96(91)103-79-65-59-53-47-41-35-29-23-17-11-5)105-87-71-67-85(68-72-87)95(98)86-69-73-88(74-70-86)106-90-83-93(101-77-63-57-51-45-39-33-27-21-15-9-3)97(104-80-66-60-54-48-42-36-30-24-18-12-6)94(84-90)102-78-64-58-52-46-40-34-28-22-16-10-4/h67-74,81-84H,7-66,75-80H2,1-6H3. The number of carbonyl (C=O) groups is 1. The zero-order valence-electron chi connectivity index (χ0n) is 69.8. The highest BCUT2D eigenvalue weighted by Crippen LogP contribution is 2.45. The minimum Gasteiger partial charge on any atom is -0.489 e. The second-order valence-corrected chi connectivity index (χ2v) is 31.3. The first-order chi connectivity index (χ1) is 52.4. The molecule has 0 atom stereocenters. The molecule has 0 aliphatic rings. The van der Waals surface area contributed by atoms with E-state index in [1.165, 1.54) is 308 Å². The van der Waals surface area contributed by atoms with E-state index >= 15 is 0 Å². The lowest BCUT2D eigenvalue weighted by molar-refractivity contribution is 0.103. The zero-order valence-corrected chi connectivity index (χ0v) is 69.8. The maximum Gasteiger partial charge on any atom is 0.203 e. The fourth-order valence-electron chi connectivity index (χ4n) is 14.3. The van der Waals surface area contributed by atoms with Crippen LogP contribution in [0, 0.1) is 0 Å². The van der Waals surface area contributed by atoms with E-state index in [1.54, 1.807) is 0 Å². The number of ether oxygens (including phenoxy) is 8. The van der Waals surface area contributed by atoms with E-state index in [1.807, 2.05) is 72.8 Å². The third-order valence-corrected chi connectivity index (χ3v) is 21.2. The molecule has 4 aromatic carbocycles. The first-order valence-electron chi connectivity index (χ1n) is 45.7. The molecule has 4 aromatic rings. The molecule has 604 valence electrons. The molecule has 0 aliphatic heterocycles. The van der Waals surface area contributed by atoms with Crippen molar-refractivity contribution < 1.29 is 42.7 Å². The van der Waals surface area contributed by atoms with Gasteiger partial charge in [-0.1, -0.05) is 388 Å². The monoisotopic (exact) mass is 1470 g/mol. The van der Waals surface area contributed by atoms with Crippen molar-refractivity contribution in [2.24, 2.45) is 0 Å². The van der Waals surface area contributed by atoms with E-state index < -0.39 is 0 Å². The van der Waals surface area contributed by atoms with Crippen molar-refractivity contribution in [2.75, 3.05) is 39.6 Å². The van der Waals surface area contributed by atoms with E-state index in [-0.39, 0.29) is 5.78 Å². The summed E-state index contributed by atoms with van der Waals surface area (Å²) < 4.78 is 53.6. The summed E-state index contributed by atoms with van der Waals surface area (Å²) in [5.41, 5.74) is 1.14. The Morgan fingerprint density at radius 2 is 0.358 bits per heavy atom. The van der Waals surface area contributed by atoms with Crippen LogP contribution >= 0.6 is 0 Å². The molecule has 0 saturated carbocycles. The summed E-state index contributed by atoms with van der Waals surface area (Å²) in [4.78, 5) is 14.3. The first kappa shape index (κ1) is 93.3. The van der Waals surface area contributed by atoms with Crippen LogP contribution in [0.15, 0.2) is 72.8 Å². The lowest BCUT2D eigenvalue weighted by Gasteiger charge is -2.19. The van der Waals surface area contributed by atoms with Crippen LogP contribution in [0.3, 0.4) is 0 Å². The Labute approximate surface area is 652 Å². The van der Waals surface area contributed by atoms with Gasteiger partial charge < -0.3 is 37.9 Å². The van der Waals surface area contributed by atoms with Crippen LogP contribution < -0.4 is 37.9 Å². The number of ketones is 1. The first-order valence-corrected chi connectivity index (χ1v) is 45.7. The number of hydrogen-bond acceptors (Lipinski definition) is 9. The fourth-order valence-corrected chi connectivity index (χ4v) is 14.3. The Morgan fingerprint density at radius 1 is 0.198 bits per heavy atom. The van der Waals surface area contributed by atoms with Crippen LogP contribution in [-0.2, 0) is 0 Å². The average molecular weight is 1470 g/mol. The van der Waals surface area contributed by atoms with Crippen LogP contribution in [-0.4, -0.2) is 45.4 Å². The van der Waals surface area contributed by atoms with Gasteiger partial charge in [0, 0.05) is 35.4 Å². The van der Waals surface area contributed by atoms with Crippen LogP contribution in [0.2, 0.25) is 0 Å². The molecule has 9 heteroatoms.